The lowest BCUT2D eigenvalue weighted by atomic mass is 10.5. The molecule has 8 heteroatoms. The molecule has 0 fully saturated rings. The number of hydrogen-bond donors (Lipinski definition) is 0. The second kappa shape index (κ2) is 6.65. The van der Waals surface area contributed by atoms with E-state index in [0.29, 0.717) is 0 Å². The molecule has 0 radical (unpaired) electrons. The summed E-state index contributed by atoms with van der Waals surface area (Å²) in [6.07, 6.45) is 0. The van der Waals surface area contributed by atoms with E-state index in [4.69, 9.17) is 0 Å². The minimum atomic E-state index is -3.62. The van der Waals surface area contributed by atoms with Crippen LogP contribution in [-0.2, 0) is 26.1 Å². The third-order valence-corrected chi connectivity index (χ3v) is 5.44. The molecule has 102 valence electrons. The van der Waals surface area contributed by atoms with Gasteiger partial charge in [0.2, 0.25) is 10.0 Å². The normalized spacial score (nSPS) is 11.8. The second-order valence-electron chi connectivity index (χ2n) is 3.55. The molecule has 0 saturated carbocycles. The number of carbonyl (C=O) groups excluding carboxylic acids is 1. The Morgan fingerprint density at radius 3 is 2.72 bits per heavy atom. The molecule has 18 heavy (non-hydrogen) atoms. The van der Waals surface area contributed by atoms with Gasteiger partial charge in [0, 0.05) is 28.3 Å². The molecule has 1 heterocycles. The summed E-state index contributed by atoms with van der Waals surface area (Å²) >= 11 is 4.76. The maximum atomic E-state index is 11.8. The standard InChI is InChI=1S/C10H14BrNO4S2/c1-3-16-10(13)7-18(14,15)12(2)5-9-4-8(11)6-17-9/h4,6H,3,5,7H2,1-2H3. The molecule has 1 rings (SSSR count). The molecular weight excluding hydrogens is 342 g/mol. The molecule has 0 atom stereocenters. The number of sulfonamides is 1. The van der Waals surface area contributed by atoms with Gasteiger partial charge in [-0.05, 0) is 28.9 Å². The molecule has 0 aliphatic heterocycles. The highest BCUT2D eigenvalue weighted by Crippen LogP contribution is 2.21. The zero-order valence-corrected chi connectivity index (χ0v) is 13.3. The number of thiophene rings is 1. The maximum Gasteiger partial charge on any atom is 0.322 e. The first-order valence-electron chi connectivity index (χ1n) is 5.17. The summed E-state index contributed by atoms with van der Waals surface area (Å²) in [5, 5.41) is 1.88. The third kappa shape index (κ3) is 4.68. The Labute approximate surface area is 119 Å². The van der Waals surface area contributed by atoms with Gasteiger partial charge in [0.05, 0.1) is 6.61 Å². The molecule has 0 unspecified atom stereocenters. The zero-order chi connectivity index (χ0) is 13.8. The fourth-order valence-corrected chi connectivity index (χ4v) is 3.74. The van der Waals surface area contributed by atoms with Crippen LogP contribution >= 0.6 is 27.3 Å². The van der Waals surface area contributed by atoms with Gasteiger partial charge in [-0.15, -0.1) is 11.3 Å². The average Bonchev–Trinajstić information content (AvgIpc) is 2.63. The highest BCUT2D eigenvalue weighted by atomic mass is 79.9. The van der Waals surface area contributed by atoms with Crippen molar-refractivity contribution in [2.75, 3.05) is 19.4 Å². The molecule has 0 aromatic carbocycles. The van der Waals surface area contributed by atoms with Crippen LogP contribution in [0.1, 0.15) is 11.8 Å². The average molecular weight is 356 g/mol. The highest BCUT2D eigenvalue weighted by Gasteiger charge is 2.23. The van der Waals surface area contributed by atoms with Crippen molar-refractivity contribution in [3.8, 4) is 0 Å². The molecule has 0 spiro atoms. The quantitative estimate of drug-likeness (QED) is 0.730. The maximum absolute atomic E-state index is 11.8. The summed E-state index contributed by atoms with van der Waals surface area (Å²) in [5.74, 6) is -1.35. The topological polar surface area (TPSA) is 63.7 Å². The van der Waals surface area contributed by atoms with Gasteiger partial charge >= 0.3 is 5.97 Å². The van der Waals surface area contributed by atoms with Gasteiger partial charge < -0.3 is 4.74 Å². The smallest absolute Gasteiger partial charge is 0.322 e. The van der Waals surface area contributed by atoms with E-state index in [2.05, 4.69) is 20.7 Å². The molecule has 1 aromatic rings. The van der Waals surface area contributed by atoms with Crippen LogP contribution in [0.25, 0.3) is 0 Å². The molecule has 5 nitrogen and oxygen atoms in total. The van der Waals surface area contributed by atoms with Crippen LogP contribution in [0.2, 0.25) is 0 Å². The van der Waals surface area contributed by atoms with E-state index >= 15 is 0 Å². The summed E-state index contributed by atoms with van der Waals surface area (Å²) in [7, 11) is -2.17. The molecule has 0 amide bonds. The van der Waals surface area contributed by atoms with Gasteiger partial charge in [-0.25, -0.2) is 8.42 Å². The van der Waals surface area contributed by atoms with E-state index in [0.717, 1.165) is 13.7 Å². The fourth-order valence-electron chi connectivity index (χ4n) is 1.22. The minimum Gasteiger partial charge on any atom is -0.465 e. The third-order valence-electron chi connectivity index (χ3n) is 2.08. The Hall–Kier alpha value is -0.440. The van der Waals surface area contributed by atoms with Crippen molar-refractivity contribution < 1.29 is 17.9 Å². The number of rotatable bonds is 6. The first kappa shape index (κ1) is 15.6. The largest absolute Gasteiger partial charge is 0.465 e. The molecule has 0 bridgehead atoms. The number of carbonyl (C=O) groups is 1. The zero-order valence-electron chi connectivity index (χ0n) is 10.1. The van der Waals surface area contributed by atoms with Crippen molar-refractivity contribution in [2.24, 2.45) is 0 Å². The number of esters is 1. The summed E-state index contributed by atoms with van der Waals surface area (Å²) in [4.78, 5) is 12.1. The second-order valence-corrected chi connectivity index (χ2v) is 7.54. The van der Waals surface area contributed by atoms with E-state index in [9.17, 15) is 13.2 Å². The Kier molecular flexibility index (Phi) is 5.77. The van der Waals surface area contributed by atoms with Crippen molar-refractivity contribution >= 4 is 43.3 Å². The molecule has 0 aliphatic carbocycles. The lowest BCUT2D eigenvalue weighted by Crippen LogP contribution is -2.32. The van der Waals surface area contributed by atoms with Crippen LogP contribution in [-0.4, -0.2) is 38.1 Å². The van der Waals surface area contributed by atoms with Crippen molar-refractivity contribution in [3.63, 3.8) is 0 Å². The van der Waals surface area contributed by atoms with Gasteiger partial charge in [-0.3, -0.25) is 4.79 Å². The monoisotopic (exact) mass is 355 g/mol. The van der Waals surface area contributed by atoms with Crippen LogP contribution in [0.3, 0.4) is 0 Å². The van der Waals surface area contributed by atoms with Crippen LogP contribution < -0.4 is 0 Å². The Bertz CT molecular complexity index is 512. The van der Waals surface area contributed by atoms with E-state index in [1.165, 1.54) is 18.4 Å². The first-order valence-corrected chi connectivity index (χ1v) is 8.46. The van der Waals surface area contributed by atoms with Gasteiger partial charge in [0.15, 0.2) is 5.75 Å². The van der Waals surface area contributed by atoms with Gasteiger partial charge in [0.25, 0.3) is 0 Å². The van der Waals surface area contributed by atoms with Crippen molar-refractivity contribution in [3.05, 3.63) is 20.8 Å². The summed E-state index contributed by atoms with van der Waals surface area (Å²) < 4.78 is 30.4. The number of ether oxygens (including phenoxy) is 1. The van der Waals surface area contributed by atoms with Crippen LogP contribution in [0.5, 0.6) is 0 Å². The van der Waals surface area contributed by atoms with Crippen LogP contribution in [0, 0.1) is 0 Å². The summed E-state index contributed by atoms with van der Waals surface area (Å²) in [5.41, 5.74) is 0. The summed E-state index contributed by atoms with van der Waals surface area (Å²) in [6, 6.07) is 1.85. The van der Waals surface area contributed by atoms with Gasteiger partial charge in [0.1, 0.15) is 0 Å². The van der Waals surface area contributed by atoms with E-state index in [-0.39, 0.29) is 13.2 Å². The number of nitrogens with zero attached hydrogens (tertiary/aromatic N) is 1. The molecular formula is C10H14BrNO4S2. The van der Waals surface area contributed by atoms with Crippen molar-refractivity contribution in [1.82, 2.24) is 4.31 Å². The minimum absolute atomic E-state index is 0.177. The number of halogens is 1. The first-order chi connectivity index (χ1) is 8.35. The van der Waals surface area contributed by atoms with Gasteiger partial charge in [-0.1, -0.05) is 0 Å². The lowest BCUT2D eigenvalue weighted by Gasteiger charge is -2.15. The molecule has 0 aliphatic rings. The van der Waals surface area contributed by atoms with Crippen LogP contribution in [0.4, 0.5) is 0 Å². The van der Waals surface area contributed by atoms with Gasteiger partial charge in [-0.2, -0.15) is 4.31 Å². The molecule has 0 N–H and O–H groups in total. The predicted molar refractivity (Wildman–Crippen MR) is 73.9 cm³/mol. The molecule has 0 saturated heterocycles. The van der Waals surface area contributed by atoms with Crippen LogP contribution in [0.15, 0.2) is 15.9 Å². The Morgan fingerprint density at radius 1 is 1.56 bits per heavy atom. The van der Waals surface area contributed by atoms with E-state index in [1.54, 1.807) is 6.92 Å². The summed E-state index contributed by atoms with van der Waals surface area (Å²) in [6.45, 7) is 2.06. The van der Waals surface area contributed by atoms with Crippen molar-refractivity contribution in [2.45, 2.75) is 13.5 Å². The molecule has 1 aromatic heterocycles. The van der Waals surface area contributed by atoms with Crippen molar-refractivity contribution in [1.29, 1.82) is 0 Å². The highest BCUT2D eigenvalue weighted by molar-refractivity contribution is 9.10. The fraction of sp³-hybridized carbons (Fsp3) is 0.500. The predicted octanol–water partition coefficient (Wildman–Crippen LogP) is 1.84. The number of hydrogen-bond acceptors (Lipinski definition) is 5. The van der Waals surface area contributed by atoms with E-state index < -0.39 is 21.7 Å². The van der Waals surface area contributed by atoms with E-state index in [1.807, 2.05) is 11.4 Å². The SMILES string of the molecule is CCOC(=O)CS(=O)(=O)N(C)Cc1cc(Br)cs1. The lowest BCUT2D eigenvalue weighted by molar-refractivity contribution is -0.140. The Balaban J connectivity index is 2.64. The Morgan fingerprint density at radius 2 is 2.22 bits per heavy atom.